The van der Waals surface area contributed by atoms with E-state index in [1.165, 1.54) is 0 Å². The molecule has 6 heteroatoms. The van der Waals surface area contributed by atoms with Gasteiger partial charge in [-0.2, -0.15) is 18.2 Å². The van der Waals surface area contributed by atoms with Gasteiger partial charge in [0.25, 0.3) is 0 Å². The quantitative estimate of drug-likeness (QED) is 0.565. The van der Waals surface area contributed by atoms with Gasteiger partial charge in [-0.1, -0.05) is 62.6 Å². The molecule has 1 amide bonds. The lowest BCUT2D eigenvalue weighted by Crippen LogP contribution is -2.51. The molecule has 1 aliphatic rings. The number of hydrazine groups is 1. The van der Waals surface area contributed by atoms with Gasteiger partial charge in [-0.3, -0.25) is 10.2 Å². The highest BCUT2D eigenvalue weighted by molar-refractivity contribution is 5.89. The number of benzene rings is 2. The van der Waals surface area contributed by atoms with Crippen molar-refractivity contribution in [1.82, 2.24) is 10.4 Å². The van der Waals surface area contributed by atoms with Gasteiger partial charge in [0.15, 0.2) is 6.04 Å². The van der Waals surface area contributed by atoms with E-state index in [1.54, 1.807) is 26.0 Å². The van der Waals surface area contributed by atoms with Gasteiger partial charge in [-0.15, -0.1) is 0 Å². The average Bonchev–Trinajstić information content (AvgIpc) is 2.90. The first-order chi connectivity index (χ1) is 13.6. The summed E-state index contributed by atoms with van der Waals surface area (Å²) in [7, 11) is 0. The number of aryl methyl sites for hydroxylation is 1. The van der Waals surface area contributed by atoms with Crippen molar-refractivity contribution in [3.63, 3.8) is 0 Å². The van der Waals surface area contributed by atoms with Crippen LogP contribution in [-0.4, -0.2) is 22.6 Å². The third-order valence-electron chi connectivity index (χ3n) is 5.68. The van der Waals surface area contributed by atoms with Gasteiger partial charge in [-0.25, -0.2) is 0 Å². The molecule has 0 bridgehead atoms. The van der Waals surface area contributed by atoms with E-state index >= 15 is 0 Å². The Labute approximate surface area is 170 Å². The highest BCUT2D eigenvalue weighted by Crippen LogP contribution is 2.45. The van der Waals surface area contributed by atoms with Crippen molar-refractivity contribution in [1.29, 1.82) is 0 Å². The van der Waals surface area contributed by atoms with Crippen LogP contribution in [-0.2, 0) is 11.2 Å². The number of halogens is 3. The van der Waals surface area contributed by atoms with Gasteiger partial charge in [0, 0.05) is 12.0 Å². The first-order valence-corrected chi connectivity index (χ1v) is 10.3. The standard InChI is InChI=1S/C23H29F3N2O/c1-4-5-6-7-10-16-11-8-12-17-13-9-14-18(20(16)17)21(23(24,25)26)28-22(2,3)15-19(29)27-28/h8-9,11-14,21H,4-7,10,15H2,1-3H3,(H,27,29)/t21-/m0/s1. The van der Waals surface area contributed by atoms with Crippen molar-refractivity contribution in [2.75, 3.05) is 0 Å². The molecule has 0 spiro atoms. The maximum absolute atomic E-state index is 14.3. The van der Waals surface area contributed by atoms with Crippen LogP contribution in [0.3, 0.4) is 0 Å². The van der Waals surface area contributed by atoms with E-state index in [-0.39, 0.29) is 17.9 Å². The van der Waals surface area contributed by atoms with E-state index in [1.807, 2.05) is 24.3 Å². The molecule has 3 nitrogen and oxygen atoms in total. The Bertz CT molecular complexity index is 871. The van der Waals surface area contributed by atoms with Crippen molar-refractivity contribution in [2.24, 2.45) is 0 Å². The predicted octanol–water partition coefficient (Wildman–Crippen LogP) is 6.08. The minimum Gasteiger partial charge on any atom is -0.287 e. The molecule has 2 aromatic carbocycles. The molecule has 3 rings (SSSR count). The summed E-state index contributed by atoms with van der Waals surface area (Å²) >= 11 is 0. The maximum atomic E-state index is 14.3. The van der Waals surface area contributed by atoms with Gasteiger partial charge in [0.1, 0.15) is 0 Å². The Hall–Kier alpha value is -2.08. The molecule has 0 aromatic heterocycles. The number of nitrogens with zero attached hydrogens (tertiary/aromatic N) is 1. The monoisotopic (exact) mass is 406 g/mol. The van der Waals surface area contributed by atoms with Crippen LogP contribution in [0.25, 0.3) is 10.8 Å². The first-order valence-electron chi connectivity index (χ1n) is 10.3. The smallest absolute Gasteiger partial charge is 0.287 e. The number of carbonyl (C=O) groups is 1. The van der Waals surface area contributed by atoms with Crippen molar-refractivity contribution in [3.8, 4) is 0 Å². The minimum absolute atomic E-state index is 0.0359. The minimum atomic E-state index is -4.53. The summed E-state index contributed by atoms with van der Waals surface area (Å²) in [5.41, 5.74) is 2.67. The molecule has 0 aliphatic carbocycles. The first kappa shape index (κ1) is 21.6. The number of unbranched alkanes of at least 4 members (excludes halogenated alkanes) is 3. The molecule has 1 heterocycles. The van der Waals surface area contributed by atoms with E-state index in [9.17, 15) is 18.0 Å². The predicted molar refractivity (Wildman–Crippen MR) is 109 cm³/mol. The molecule has 158 valence electrons. The molecule has 1 saturated heterocycles. The molecular formula is C23H29F3N2O. The Morgan fingerprint density at radius 3 is 2.38 bits per heavy atom. The average molecular weight is 406 g/mol. The van der Waals surface area contributed by atoms with E-state index in [2.05, 4.69) is 12.3 Å². The lowest BCUT2D eigenvalue weighted by molar-refractivity contribution is -0.203. The molecule has 29 heavy (non-hydrogen) atoms. The summed E-state index contributed by atoms with van der Waals surface area (Å²) in [6, 6.07) is 8.87. The van der Waals surface area contributed by atoms with Gasteiger partial charge in [0.05, 0.1) is 0 Å². The van der Waals surface area contributed by atoms with Crippen LogP contribution >= 0.6 is 0 Å². The Balaban J connectivity index is 2.11. The van der Waals surface area contributed by atoms with E-state index in [4.69, 9.17) is 0 Å². The zero-order valence-corrected chi connectivity index (χ0v) is 17.3. The third kappa shape index (κ3) is 4.58. The van der Waals surface area contributed by atoms with Crippen molar-refractivity contribution < 1.29 is 18.0 Å². The number of amides is 1. The van der Waals surface area contributed by atoms with Gasteiger partial charge < -0.3 is 0 Å². The van der Waals surface area contributed by atoms with Gasteiger partial charge >= 0.3 is 6.18 Å². The number of hydrogen-bond donors (Lipinski definition) is 1. The fraction of sp³-hybridized carbons (Fsp3) is 0.522. The molecule has 0 radical (unpaired) electrons. The molecule has 1 N–H and O–H groups in total. The van der Waals surface area contributed by atoms with Crippen LogP contribution in [0, 0.1) is 0 Å². The fourth-order valence-electron chi connectivity index (χ4n) is 4.31. The van der Waals surface area contributed by atoms with Crippen molar-refractivity contribution in [3.05, 3.63) is 47.5 Å². The zero-order valence-electron chi connectivity index (χ0n) is 17.3. The SMILES string of the molecule is CCCCCCc1cccc2cccc([C@H](N3NC(=O)CC3(C)C)C(F)(F)F)c12. The normalized spacial score (nSPS) is 18.2. The number of hydrogen-bond acceptors (Lipinski definition) is 2. The van der Waals surface area contributed by atoms with Gasteiger partial charge in [-0.05, 0) is 48.6 Å². The van der Waals surface area contributed by atoms with Gasteiger partial charge in [0.2, 0.25) is 5.91 Å². The van der Waals surface area contributed by atoms with Crippen LogP contribution < -0.4 is 5.43 Å². The molecule has 1 aliphatic heterocycles. The summed E-state index contributed by atoms with van der Waals surface area (Å²) in [6.45, 7) is 5.47. The number of nitrogens with one attached hydrogen (secondary N) is 1. The second kappa shape index (κ2) is 8.34. The lowest BCUT2D eigenvalue weighted by Gasteiger charge is -2.38. The molecule has 0 saturated carbocycles. The number of carbonyl (C=O) groups excluding carboxylic acids is 1. The number of alkyl halides is 3. The van der Waals surface area contributed by atoms with Crippen molar-refractivity contribution in [2.45, 2.75) is 77.1 Å². The topological polar surface area (TPSA) is 32.3 Å². The Kier molecular flexibility index (Phi) is 6.22. The van der Waals surface area contributed by atoms with Crippen LogP contribution in [0.15, 0.2) is 36.4 Å². The number of fused-ring (bicyclic) bond motifs is 1. The molecule has 1 atom stereocenters. The third-order valence-corrected chi connectivity index (χ3v) is 5.68. The summed E-state index contributed by atoms with van der Waals surface area (Å²) in [6.07, 6.45) is 0.496. The van der Waals surface area contributed by atoms with E-state index < -0.39 is 17.8 Å². The highest BCUT2D eigenvalue weighted by atomic mass is 19.4. The van der Waals surface area contributed by atoms with E-state index in [0.717, 1.165) is 48.1 Å². The summed E-state index contributed by atoms with van der Waals surface area (Å²) < 4.78 is 43.0. The van der Waals surface area contributed by atoms with Crippen molar-refractivity contribution >= 4 is 16.7 Å². The summed E-state index contributed by atoms with van der Waals surface area (Å²) in [5.74, 6) is -0.385. The molecular weight excluding hydrogens is 377 g/mol. The highest BCUT2D eigenvalue weighted by Gasteiger charge is 2.53. The second-order valence-corrected chi connectivity index (χ2v) is 8.51. The lowest BCUT2D eigenvalue weighted by atomic mass is 9.90. The molecule has 1 fully saturated rings. The van der Waals surface area contributed by atoms with Crippen LogP contribution in [0.1, 0.15) is 70.0 Å². The summed E-state index contributed by atoms with van der Waals surface area (Å²) in [5, 5.41) is 2.55. The van der Waals surface area contributed by atoms with Crippen LogP contribution in [0.5, 0.6) is 0 Å². The largest absolute Gasteiger partial charge is 0.409 e. The Morgan fingerprint density at radius 1 is 1.10 bits per heavy atom. The fourth-order valence-corrected chi connectivity index (χ4v) is 4.31. The Morgan fingerprint density at radius 2 is 1.79 bits per heavy atom. The molecule has 2 aromatic rings. The number of rotatable bonds is 7. The van der Waals surface area contributed by atoms with Crippen LogP contribution in [0.4, 0.5) is 13.2 Å². The summed E-state index contributed by atoms with van der Waals surface area (Å²) in [4.78, 5) is 11.9. The maximum Gasteiger partial charge on any atom is 0.409 e. The van der Waals surface area contributed by atoms with E-state index in [0.29, 0.717) is 5.39 Å². The molecule has 0 unspecified atom stereocenters. The second-order valence-electron chi connectivity index (χ2n) is 8.51. The van der Waals surface area contributed by atoms with Crippen LogP contribution in [0.2, 0.25) is 0 Å². The zero-order chi connectivity index (χ0) is 21.2.